The van der Waals surface area contributed by atoms with Gasteiger partial charge in [0.05, 0.1) is 16.2 Å². The van der Waals surface area contributed by atoms with Crippen LogP contribution in [-0.2, 0) is 12.0 Å². The summed E-state index contributed by atoms with van der Waals surface area (Å²) in [6.45, 7) is 5.74. The number of rotatable bonds is 4. The molecule has 1 heterocycles. The van der Waals surface area contributed by atoms with E-state index in [1.807, 2.05) is 38.1 Å². The summed E-state index contributed by atoms with van der Waals surface area (Å²) in [6, 6.07) is 7.65. The van der Waals surface area contributed by atoms with Crippen molar-refractivity contribution < 1.29 is 5.11 Å². The van der Waals surface area contributed by atoms with Crippen LogP contribution in [0.4, 0.5) is 0 Å². The molecule has 0 aliphatic carbocycles. The molecule has 1 aromatic heterocycles. The van der Waals surface area contributed by atoms with E-state index in [4.69, 9.17) is 11.6 Å². The van der Waals surface area contributed by atoms with Crippen molar-refractivity contribution in [1.29, 1.82) is 0 Å². The van der Waals surface area contributed by atoms with E-state index in [9.17, 15) is 5.11 Å². The van der Waals surface area contributed by atoms with E-state index in [-0.39, 0.29) is 0 Å². The molecule has 19 heavy (non-hydrogen) atoms. The van der Waals surface area contributed by atoms with E-state index >= 15 is 0 Å². The van der Waals surface area contributed by atoms with Crippen molar-refractivity contribution in [3.8, 4) is 10.6 Å². The van der Waals surface area contributed by atoms with Gasteiger partial charge in [0.2, 0.25) is 0 Å². The van der Waals surface area contributed by atoms with Crippen LogP contribution in [0.25, 0.3) is 10.6 Å². The summed E-state index contributed by atoms with van der Waals surface area (Å²) < 4.78 is 0. The number of aromatic nitrogens is 1. The van der Waals surface area contributed by atoms with Crippen molar-refractivity contribution in [2.24, 2.45) is 0 Å². The monoisotopic (exact) mass is 295 g/mol. The summed E-state index contributed by atoms with van der Waals surface area (Å²) in [5.74, 6) is 0. The summed E-state index contributed by atoms with van der Waals surface area (Å²) in [5, 5.41) is 11.9. The van der Waals surface area contributed by atoms with Gasteiger partial charge in [0.25, 0.3) is 0 Å². The lowest BCUT2D eigenvalue weighted by Crippen LogP contribution is -2.15. The molecule has 0 bridgehead atoms. The van der Waals surface area contributed by atoms with Crippen LogP contribution in [0.5, 0.6) is 0 Å². The van der Waals surface area contributed by atoms with Crippen LogP contribution in [0.1, 0.15) is 37.8 Å². The second-order valence-electron chi connectivity index (χ2n) is 5.11. The van der Waals surface area contributed by atoms with E-state index < -0.39 is 5.60 Å². The molecule has 0 aliphatic rings. The maximum absolute atomic E-state index is 10.3. The van der Waals surface area contributed by atoms with Crippen molar-refractivity contribution in [3.63, 3.8) is 0 Å². The van der Waals surface area contributed by atoms with Gasteiger partial charge in [-0.2, -0.15) is 0 Å². The molecule has 0 radical (unpaired) electrons. The number of hydrogen-bond donors (Lipinski definition) is 1. The van der Waals surface area contributed by atoms with Crippen LogP contribution >= 0.6 is 22.9 Å². The minimum Gasteiger partial charge on any atom is -0.385 e. The third-order valence-corrected chi connectivity index (χ3v) is 4.54. The molecule has 2 rings (SSSR count). The number of benzene rings is 1. The average Bonchev–Trinajstić information content (AvgIpc) is 2.74. The Labute approximate surface area is 123 Å². The summed E-state index contributed by atoms with van der Waals surface area (Å²) in [7, 11) is 0. The lowest BCUT2D eigenvalue weighted by molar-refractivity contribution is 0.0813. The minimum absolute atomic E-state index is 0.719. The fraction of sp³-hybridized carbons (Fsp3) is 0.400. The molecule has 102 valence electrons. The van der Waals surface area contributed by atoms with E-state index in [1.54, 1.807) is 11.3 Å². The minimum atomic E-state index is -0.840. The third-order valence-electron chi connectivity index (χ3n) is 2.83. The molecule has 4 heteroatoms. The van der Waals surface area contributed by atoms with Crippen molar-refractivity contribution in [2.75, 3.05) is 0 Å². The fourth-order valence-electron chi connectivity index (χ4n) is 1.95. The molecule has 2 nitrogen and oxygen atoms in total. The average molecular weight is 296 g/mol. The highest BCUT2D eigenvalue weighted by atomic mass is 35.5. The van der Waals surface area contributed by atoms with Gasteiger partial charge < -0.3 is 5.11 Å². The van der Waals surface area contributed by atoms with Crippen molar-refractivity contribution in [2.45, 2.75) is 39.2 Å². The smallest absolute Gasteiger partial charge is 0.123 e. The van der Waals surface area contributed by atoms with Gasteiger partial charge in [-0.1, -0.05) is 37.1 Å². The third kappa shape index (κ3) is 3.35. The first-order chi connectivity index (χ1) is 8.91. The summed E-state index contributed by atoms with van der Waals surface area (Å²) in [6.07, 6.45) is 1.91. The van der Waals surface area contributed by atoms with Crippen molar-refractivity contribution in [3.05, 3.63) is 39.9 Å². The Morgan fingerprint density at radius 2 is 1.89 bits per heavy atom. The number of thiazole rings is 1. The fourth-order valence-corrected chi connectivity index (χ4v) is 3.20. The van der Waals surface area contributed by atoms with Gasteiger partial charge in [0.1, 0.15) is 5.01 Å². The Bertz CT molecular complexity index is 555. The van der Waals surface area contributed by atoms with Gasteiger partial charge in [0, 0.05) is 10.6 Å². The van der Waals surface area contributed by atoms with Gasteiger partial charge in [-0.25, -0.2) is 4.98 Å². The molecule has 1 N–H and O–H groups in total. The Morgan fingerprint density at radius 1 is 1.26 bits per heavy atom. The topological polar surface area (TPSA) is 33.1 Å². The van der Waals surface area contributed by atoms with Gasteiger partial charge in [-0.3, -0.25) is 0 Å². The number of nitrogens with zero attached hydrogens (tertiary/aromatic N) is 1. The summed E-state index contributed by atoms with van der Waals surface area (Å²) in [4.78, 5) is 5.64. The summed E-state index contributed by atoms with van der Waals surface area (Å²) >= 11 is 7.46. The molecule has 0 spiro atoms. The highest BCUT2D eigenvalue weighted by Gasteiger charge is 2.24. The van der Waals surface area contributed by atoms with Gasteiger partial charge in [0.15, 0.2) is 0 Å². The molecular formula is C15H18ClNOS. The number of aliphatic hydroxyl groups is 1. The Morgan fingerprint density at radius 3 is 2.42 bits per heavy atom. The number of halogens is 1. The largest absolute Gasteiger partial charge is 0.385 e. The highest BCUT2D eigenvalue weighted by molar-refractivity contribution is 7.15. The zero-order valence-corrected chi connectivity index (χ0v) is 13.0. The van der Waals surface area contributed by atoms with Crippen molar-refractivity contribution in [1.82, 2.24) is 4.98 Å². The molecule has 2 aromatic rings. The second-order valence-corrected chi connectivity index (χ2v) is 6.55. The molecule has 0 aliphatic heterocycles. The zero-order valence-electron chi connectivity index (χ0n) is 11.4. The van der Waals surface area contributed by atoms with E-state index in [1.165, 1.54) is 0 Å². The molecule has 0 saturated carbocycles. The molecule has 0 fully saturated rings. The Balaban J connectivity index is 2.45. The Hall–Kier alpha value is -0.900. The van der Waals surface area contributed by atoms with Crippen LogP contribution in [-0.4, -0.2) is 10.1 Å². The predicted octanol–water partition coefficient (Wildman–Crippen LogP) is 4.64. The van der Waals surface area contributed by atoms with Crippen LogP contribution in [0.2, 0.25) is 5.02 Å². The van der Waals surface area contributed by atoms with Gasteiger partial charge in [-0.05, 0) is 32.4 Å². The molecule has 0 amide bonds. The lowest BCUT2D eigenvalue weighted by atomic mass is 10.0. The quantitative estimate of drug-likeness (QED) is 0.891. The zero-order chi connectivity index (χ0) is 14.0. The maximum atomic E-state index is 10.3. The SMILES string of the molecule is CCCc1nc(-c2ccc(Cl)cc2)sc1C(C)(C)O. The summed E-state index contributed by atoms with van der Waals surface area (Å²) in [5.41, 5.74) is 1.21. The van der Waals surface area contributed by atoms with E-state index in [0.29, 0.717) is 0 Å². The second kappa shape index (κ2) is 5.61. The normalized spacial score (nSPS) is 11.8. The highest BCUT2D eigenvalue weighted by Crippen LogP contribution is 2.35. The van der Waals surface area contributed by atoms with E-state index in [2.05, 4.69) is 11.9 Å². The molecule has 0 atom stereocenters. The first-order valence-corrected chi connectivity index (χ1v) is 7.59. The first kappa shape index (κ1) is 14.5. The standard InChI is InChI=1S/C15H18ClNOS/c1-4-5-12-13(15(2,3)18)19-14(17-12)10-6-8-11(16)9-7-10/h6-9,18H,4-5H2,1-3H3. The predicted molar refractivity (Wildman–Crippen MR) is 81.8 cm³/mol. The van der Waals surface area contributed by atoms with E-state index in [0.717, 1.165) is 39.0 Å². The Kier molecular flexibility index (Phi) is 4.29. The molecule has 1 aromatic carbocycles. The van der Waals surface area contributed by atoms with Crippen LogP contribution in [0, 0.1) is 0 Å². The molecule has 0 unspecified atom stereocenters. The lowest BCUT2D eigenvalue weighted by Gasteiger charge is -2.16. The van der Waals surface area contributed by atoms with Crippen LogP contribution in [0.3, 0.4) is 0 Å². The molecule has 0 saturated heterocycles. The van der Waals surface area contributed by atoms with Crippen LogP contribution < -0.4 is 0 Å². The van der Waals surface area contributed by atoms with Crippen LogP contribution in [0.15, 0.2) is 24.3 Å². The number of aryl methyl sites for hydroxylation is 1. The first-order valence-electron chi connectivity index (χ1n) is 6.40. The van der Waals surface area contributed by atoms with Crippen molar-refractivity contribution >= 4 is 22.9 Å². The van der Waals surface area contributed by atoms with Gasteiger partial charge >= 0.3 is 0 Å². The number of hydrogen-bond acceptors (Lipinski definition) is 3. The molecular weight excluding hydrogens is 278 g/mol. The van der Waals surface area contributed by atoms with Gasteiger partial charge in [-0.15, -0.1) is 11.3 Å². The maximum Gasteiger partial charge on any atom is 0.123 e.